The zero-order valence-electron chi connectivity index (χ0n) is 15.2. The standard InChI is InChI=1S/C21H26N2O2/c1-4-22(5-2)15-19-20(16-9-7-6-8-10-16)23(21(19)24)17-11-13-18(25-3)14-12-17/h6-14,19-20H,4-5,15H2,1-3H3/t19-,20-/m0/s1. The minimum Gasteiger partial charge on any atom is -0.497 e. The van der Waals surface area contributed by atoms with E-state index in [0.29, 0.717) is 0 Å². The van der Waals surface area contributed by atoms with E-state index in [1.807, 2.05) is 47.4 Å². The van der Waals surface area contributed by atoms with Gasteiger partial charge in [0.15, 0.2) is 0 Å². The highest BCUT2D eigenvalue weighted by Crippen LogP contribution is 2.44. The van der Waals surface area contributed by atoms with Gasteiger partial charge >= 0.3 is 0 Å². The Hall–Kier alpha value is -2.33. The first kappa shape index (κ1) is 17.5. The number of rotatable bonds is 7. The van der Waals surface area contributed by atoms with Gasteiger partial charge in [-0.2, -0.15) is 0 Å². The average molecular weight is 338 g/mol. The molecule has 132 valence electrons. The highest BCUT2D eigenvalue weighted by atomic mass is 16.5. The minimum atomic E-state index is 0.00408. The van der Waals surface area contributed by atoms with Gasteiger partial charge in [-0.3, -0.25) is 4.79 Å². The van der Waals surface area contributed by atoms with Gasteiger partial charge in [-0.15, -0.1) is 0 Å². The Kier molecular flexibility index (Phi) is 5.39. The molecule has 1 amide bonds. The molecule has 2 aromatic carbocycles. The van der Waals surface area contributed by atoms with Gasteiger partial charge in [0.25, 0.3) is 0 Å². The Balaban J connectivity index is 1.90. The SMILES string of the molecule is CCN(CC)C[C@@H]1C(=O)N(c2ccc(OC)cc2)[C@H]1c1ccccc1. The fourth-order valence-corrected chi connectivity index (χ4v) is 3.55. The molecule has 1 aliphatic heterocycles. The van der Waals surface area contributed by atoms with Crippen LogP contribution in [0.2, 0.25) is 0 Å². The first-order chi connectivity index (χ1) is 12.2. The molecule has 1 fully saturated rings. The lowest BCUT2D eigenvalue weighted by Crippen LogP contribution is -2.58. The number of benzene rings is 2. The van der Waals surface area contributed by atoms with Crippen molar-refractivity contribution in [2.24, 2.45) is 5.92 Å². The Labute approximate surface area is 150 Å². The quantitative estimate of drug-likeness (QED) is 0.721. The number of hydrogen-bond donors (Lipinski definition) is 0. The molecule has 0 aliphatic carbocycles. The third-order valence-corrected chi connectivity index (χ3v) is 5.05. The summed E-state index contributed by atoms with van der Waals surface area (Å²) in [7, 11) is 1.65. The lowest BCUT2D eigenvalue weighted by molar-refractivity contribution is -0.131. The summed E-state index contributed by atoms with van der Waals surface area (Å²) >= 11 is 0. The van der Waals surface area contributed by atoms with Crippen molar-refractivity contribution in [1.82, 2.24) is 4.90 Å². The summed E-state index contributed by atoms with van der Waals surface area (Å²) in [6.45, 7) is 7.02. The molecule has 1 saturated heterocycles. The summed E-state index contributed by atoms with van der Waals surface area (Å²) in [6, 6.07) is 18.1. The molecule has 25 heavy (non-hydrogen) atoms. The van der Waals surface area contributed by atoms with Crippen LogP contribution in [0.1, 0.15) is 25.5 Å². The molecule has 0 N–H and O–H groups in total. The second-order valence-electron chi connectivity index (χ2n) is 6.35. The first-order valence-corrected chi connectivity index (χ1v) is 8.94. The van der Waals surface area contributed by atoms with Gasteiger partial charge in [0.05, 0.1) is 19.1 Å². The molecule has 4 nitrogen and oxygen atoms in total. The van der Waals surface area contributed by atoms with E-state index in [4.69, 9.17) is 4.74 Å². The summed E-state index contributed by atoms with van der Waals surface area (Å²) in [5.74, 6) is 1.00. The van der Waals surface area contributed by atoms with Crippen LogP contribution in [-0.4, -0.2) is 37.6 Å². The predicted octanol–water partition coefficient (Wildman–Crippen LogP) is 3.74. The van der Waals surface area contributed by atoms with Crippen molar-refractivity contribution in [2.45, 2.75) is 19.9 Å². The van der Waals surface area contributed by atoms with E-state index < -0.39 is 0 Å². The third kappa shape index (κ3) is 3.40. The van der Waals surface area contributed by atoms with E-state index in [9.17, 15) is 4.79 Å². The molecule has 0 radical (unpaired) electrons. The maximum Gasteiger partial charge on any atom is 0.234 e. The van der Waals surface area contributed by atoms with E-state index in [2.05, 4.69) is 30.9 Å². The largest absolute Gasteiger partial charge is 0.497 e. The van der Waals surface area contributed by atoms with Crippen molar-refractivity contribution in [3.05, 3.63) is 60.2 Å². The molecule has 1 heterocycles. The average Bonchev–Trinajstić information content (AvgIpc) is 2.67. The molecule has 0 aromatic heterocycles. The van der Waals surface area contributed by atoms with E-state index in [-0.39, 0.29) is 17.9 Å². The Bertz CT molecular complexity index is 696. The van der Waals surface area contributed by atoms with Gasteiger partial charge in [-0.1, -0.05) is 44.2 Å². The molecule has 2 aromatic rings. The number of carbonyl (C=O) groups excluding carboxylic acids is 1. The Morgan fingerprint density at radius 2 is 1.64 bits per heavy atom. The number of hydrogen-bond acceptors (Lipinski definition) is 3. The lowest BCUT2D eigenvalue weighted by atomic mass is 9.81. The summed E-state index contributed by atoms with van der Waals surface area (Å²) < 4.78 is 5.23. The normalized spacial score (nSPS) is 19.8. The zero-order chi connectivity index (χ0) is 17.8. The van der Waals surface area contributed by atoms with E-state index >= 15 is 0 Å². The predicted molar refractivity (Wildman–Crippen MR) is 101 cm³/mol. The summed E-state index contributed by atoms with van der Waals surface area (Å²) in [5, 5.41) is 0. The van der Waals surface area contributed by atoms with Crippen LogP contribution in [0, 0.1) is 5.92 Å². The summed E-state index contributed by atoms with van der Waals surface area (Å²) in [5.41, 5.74) is 2.12. The number of amides is 1. The summed E-state index contributed by atoms with van der Waals surface area (Å²) in [4.78, 5) is 17.2. The topological polar surface area (TPSA) is 32.8 Å². The van der Waals surface area contributed by atoms with Crippen LogP contribution < -0.4 is 9.64 Å². The van der Waals surface area contributed by atoms with Crippen LogP contribution in [-0.2, 0) is 4.79 Å². The van der Waals surface area contributed by atoms with E-state index in [1.54, 1.807) is 7.11 Å². The fraction of sp³-hybridized carbons (Fsp3) is 0.381. The Morgan fingerprint density at radius 1 is 1.00 bits per heavy atom. The number of β-lactam (4-membered cyclic amide) rings is 1. The van der Waals surface area contributed by atoms with Crippen molar-refractivity contribution in [3.63, 3.8) is 0 Å². The van der Waals surface area contributed by atoms with Crippen LogP contribution in [0.4, 0.5) is 5.69 Å². The van der Waals surface area contributed by atoms with Crippen LogP contribution >= 0.6 is 0 Å². The number of anilines is 1. The maximum atomic E-state index is 12.9. The Morgan fingerprint density at radius 3 is 2.20 bits per heavy atom. The molecule has 0 unspecified atom stereocenters. The van der Waals surface area contributed by atoms with Crippen molar-refractivity contribution in [1.29, 1.82) is 0 Å². The molecule has 0 saturated carbocycles. The van der Waals surface area contributed by atoms with Gasteiger partial charge in [0.2, 0.25) is 5.91 Å². The number of nitrogens with zero attached hydrogens (tertiary/aromatic N) is 2. The minimum absolute atomic E-state index is 0.00408. The smallest absolute Gasteiger partial charge is 0.234 e. The molecule has 1 aliphatic rings. The van der Waals surface area contributed by atoms with Crippen LogP contribution in [0.3, 0.4) is 0 Å². The van der Waals surface area contributed by atoms with Crippen molar-refractivity contribution < 1.29 is 9.53 Å². The highest BCUT2D eigenvalue weighted by Gasteiger charge is 2.48. The van der Waals surface area contributed by atoms with E-state index in [1.165, 1.54) is 5.56 Å². The van der Waals surface area contributed by atoms with Crippen molar-refractivity contribution in [3.8, 4) is 5.75 Å². The van der Waals surface area contributed by atoms with Gasteiger partial charge in [-0.05, 0) is 42.9 Å². The zero-order valence-corrected chi connectivity index (χ0v) is 15.2. The molecular weight excluding hydrogens is 312 g/mol. The second kappa shape index (κ2) is 7.70. The van der Waals surface area contributed by atoms with Crippen LogP contribution in [0.15, 0.2) is 54.6 Å². The summed E-state index contributed by atoms with van der Waals surface area (Å²) in [6.07, 6.45) is 0. The van der Waals surface area contributed by atoms with E-state index in [0.717, 1.165) is 31.1 Å². The second-order valence-corrected chi connectivity index (χ2v) is 6.35. The monoisotopic (exact) mass is 338 g/mol. The van der Waals surface area contributed by atoms with Crippen LogP contribution in [0.25, 0.3) is 0 Å². The lowest BCUT2D eigenvalue weighted by Gasteiger charge is -2.48. The number of methoxy groups -OCH3 is 1. The van der Waals surface area contributed by atoms with Crippen molar-refractivity contribution >= 4 is 11.6 Å². The van der Waals surface area contributed by atoms with Crippen molar-refractivity contribution in [2.75, 3.05) is 31.6 Å². The number of carbonyl (C=O) groups is 1. The molecule has 0 bridgehead atoms. The molecule has 0 spiro atoms. The number of ether oxygens (including phenoxy) is 1. The van der Waals surface area contributed by atoms with Gasteiger partial charge < -0.3 is 14.5 Å². The molecule has 2 atom stereocenters. The molecule has 4 heteroatoms. The molecule has 3 rings (SSSR count). The fourth-order valence-electron chi connectivity index (χ4n) is 3.55. The molecular formula is C21H26N2O2. The van der Waals surface area contributed by atoms with Gasteiger partial charge in [-0.25, -0.2) is 0 Å². The third-order valence-electron chi connectivity index (χ3n) is 5.05. The maximum absolute atomic E-state index is 12.9. The highest BCUT2D eigenvalue weighted by molar-refractivity contribution is 6.03. The van der Waals surface area contributed by atoms with Crippen LogP contribution in [0.5, 0.6) is 5.75 Å². The first-order valence-electron chi connectivity index (χ1n) is 8.94. The van der Waals surface area contributed by atoms with Gasteiger partial charge in [0, 0.05) is 12.2 Å². The van der Waals surface area contributed by atoms with Gasteiger partial charge in [0.1, 0.15) is 5.75 Å².